The van der Waals surface area contributed by atoms with Crippen LogP contribution in [0.4, 0.5) is 4.39 Å². The van der Waals surface area contributed by atoms with Gasteiger partial charge in [0.05, 0.1) is 10.9 Å². The maximum atomic E-state index is 13.3. The number of ether oxygens (including phenoxy) is 1. The summed E-state index contributed by atoms with van der Waals surface area (Å²) in [7, 11) is -4.14. The molecule has 0 saturated carbocycles. The molecule has 34 heavy (non-hydrogen) atoms. The Bertz CT molecular complexity index is 1080. The van der Waals surface area contributed by atoms with Gasteiger partial charge < -0.3 is 10.1 Å². The molecule has 0 saturated heterocycles. The second-order valence-electron chi connectivity index (χ2n) is 8.38. The molecule has 0 heterocycles. The van der Waals surface area contributed by atoms with Crippen molar-refractivity contribution in [2.24, 2.45) is 5.92 Å². The molecule has 2 N–H and O–H groups in total. The van der Waals surface area contributed by atoms with E-state index in [0.717, 1.165) is 24.3 Å². The largest absolute Gasteiger partial charge is 0.490 e. The van der Waals surface area contributed by atoms with Gasteiger partial charge in [-0.3, -0.25) is 9.59 Å². The number of hydrogen-bond donors (Lipinski definition) is 2. The number of sulfonamides is 1. The van der Waals surface area contributed by atoms with Gasteiger partial charge >= 0.3 is 0 Å². The summed E-state index contributed by atoms with van der Waals surface area (Å²) < 4.78 is 46.9. The van der Waals surface area contributed by atoms with E-state index in [0.29, 0.717) is 24.3 Å². The molecule has 0 aromatic heterocycles. The van der Waals surface area contributed by atoms with Gasteiger partial charge in [-0.05, 0) is 67.6 Å². The van der Waals surface area contributed by atoms with Crippen molar-refractivity contribution < 1.29 is 27.1 Å². The van der Waals surface area contributed by atoms with Crippen molar-refractivity contribution in [3.63, 3.8) is 0 Å². The predicted octanol–water partition coefficient (Wildman–Crippen LogP) is 3.40. The minimum Gasteiger partial charge on any atom is -0.490 e. The first-order valence-corrected chi connectivity index (χ1v) is 12.4. The van der Waals surface area contributed by atoms with E-state index in [1.165, 1.54) is 6.92 Å². The van der Waals surface area contributed by atoms with Crippen LogP contribution in [0.25, 0.3) is 0 Å². The zero-order chi connectivity index (χ0) is 25.3. The normalized spacial score (nSPS) is 13.2. The molecule has 0 radical (unpaired) electrons. The number of carbonyl (C=O) groups excluding carboxylic acids is 2. The van der Waals surface area contributed by atoms with Gasteiger partial charge in [0.25, 0.3) is 0 Å². The van der Waals surface area contributed by atoms with E-state index in [4.69, 9.17) is 4.74 Å². The van der Waals surface area contributed by atoms with E-state index in [-0.39, 0.29) is 23.0 Å². The fourth-order valence-corrected chi connectivity index (χ4v) is 4.44. The van der Waals surface area contributed by atoms with E-state index in [9.17, 15) is 22.4 Å². The van der Waals surface area contributed by atoms with Crippen LogP contribution in [0.2, 0.25) is 0 Å². The summed E-state index contributed by atoms with van der Waals surface area (Å²) in [5.74, 6) is -0.675. The lowest BCUT2D eigenvalue weighted by Gasteiger charge is -2.23. The first-order chi connectivity index (χ1) is 16.0. The van der Waals surface area contributed by atoms with Crippen LogP contribution < -0.4 is 14.8 Å². The minimum atomic E-state index is -4.14. The molecule has 0 aliphatic carbocycles. The molecule has 2 aromatic rings. The monoisotopic (exact) mass is 490 g/mol. The summed E-state index contributed by atoms with van der Waals surface area (Å²) >= 11 is 0. The number of benzene rings is 2. The van der Waals surface area contributed by atoms with Crippen molar-refractivity contribution in [2.45, 2.75) is 50.6 Å². The molecule has 0 spiro atoms. The summed E-state index contributed by atoms with van der Waals surface area (Å²) in [6, 6.07) is 9.22. The maximum absolute atomic E-state index is 13.3. The molecular formula is C25H31FN2O5S. The highest BCUT2D eigenvalue weighted by atomic mass is 32.2. The summed E-state index contributed by atoms with van der Waals surface area (Å²) in [6.07, 6.45) is 2.06. The molecule has 0 aliphatic heterocycles. The number of hydrogen-bond acceptors (Lipinski definition) is 5. The van der Waals surface area contributed by atoms with E-state index >= 15 is 0 Å². The highest BCUT2D eigenvalue weighted by molar-refractivity contribution is 7.89. The SMILES string of the molecule is C=CCOc1ccc(C[C@H](NS(=O)(=O)c2ccc(F)cc2)C(=O)N[C@@H](CC(C)C)C(C)=O)cc1. The van der Waals surface area contributed by atoms with Crippen molar-refractivity contribution in [2.75, 3.05) is 6.61 Å². The van der Waals surface area contributed by atoms with E-state index in [2.05, 4.69) is 16.6 Å². The quantitative estimate of drug-likeness (QED) is 0.419. The smallest absolute Gasteiger partial charge is 0.241 e. The third-order valence-corrected chi connectivity index (χ3v) is 6.47. The molecule has 7 nitrogen and oxygen atoms in total. The predicted molar refractivity (Wildman–Crippen MR) is 128 cm³/mol. The topological polar surface area (TPSA) is 102 Å². The molecule has 9 heteroatoms. The molecule has 2 atom stereocenters. The molecule has 0 unspecified atom stereocenters. The Morgan fingerprint density at radius 3 is 2.21 bits per heavy atom. The fraction of sp³-hybridized carbons (Fsp3) is 0.360. The molecule has 0 fully saturated rings. The van der Waals surface area contributed by atoms with Gasteiger partial charge in [0.15, 0.2) is 5.78 Å². The van der Waals surface area contributed by atoms with Crippen LogP contribution in [-0.4, -0.2) is 38.8 Å². The molecule has 0 aliphatic rings. The molecule has 0 bridgehead atoms. The standard InChI is InChI=1S/C25H31FN2O5S/c1-5-14-33-21-10-6-19(7-11-21)16-24(25(30)27-23(18(4)29)15-17(2)3)28-34(31,32)22-12-8-20(26)9-13-22/h5-13,17,23-24,28H,1,14-16H2,2-4H3,(H,27,30)/t23-,24-/m0/s1. The van der Waals surface area contributed by atoms with Gasteiger partial charge in [-0.15, -0.1) is 0 Å². The van der Waals surface area contributed by atoms with Gasteiger partial charge in [-0.25, -0.2) is 12.8 Å². The Morgan fingerprint density at radius 1 is 1.06 bits per heavy atom. The highest BCUT2D eigenvalue weighted by Crippen LogP contribution is 2.16. The zero-order valence-corrected chi connectivity index (χ0v) is 20.4. The first kappa shape index (κ1) is 27.2. The number of amides is 1. The van der Waals surface area contributed by atoms with Gasteiger partial charge in [-0.2, -0.15) is 4.72 Å². The number of ketones is 1. The molecule has 2 rings (SSSR count). The van der Waals surface area contributed by atoms with Crippen molar-refractivity contribution >= 4 is 21.7 Å². The molecular weight excluding hydrogens is 459 g/mol. The second kappa shape index (κ2) is 12.4. The van der Waals surface area contributed by atoms with Crippen molar-refractivity contribution in [1.29, 1.82) is 0 Å². The zero-order valence-electron chi connectivity index (χ0n) is 19.6. The Kier molecular flexibility index (Phi) is 9.95. The molecule has 184 valence electrons. The van der Waals surface area contributed by atoms with Crippen LogP contribution in [0.1, 0.15) is 32.8 Å². The number of Topliss-reactive ketones (excluding diaryl/α,β-unsaturated/α-hetero) is 1. The van der Waals surface area contributed by atoms with Crippen molar-refractivity contribution in [3.05, 3.63) is 72.6 Å². The van der Waals surface area contributed by atoms with Crippen LogP contribution in [-0.2, 0) is 26.0 Å². The van der Waals surface area contributed by atoms with Crippen LogP contribution in [0.5, 0.6) is 5.75 Å². The number of nitrogens with one attached hydrogen (secondary N) is 2. The van der Waals surface area contributed by atoms with E-state index in [1.54, 1.807) is 30.3 Å². The Labute approximate surface area is 200 Å². The second-order valence-corrected chi connectivity index (χ2v) is 10.1. The van der Waals surface area contributed by atoms with E-state index in [1.807, 2.05) is 13.8 Å². The molecule has 2 aromatic carbocycles. The minimum absolute atomic E-state index is 0.0281. The lowest BCUT2D eigenvalue weighted by atomic mass is 9.99. The lowest BCUT2D eigenvalue weighted by Crippen LogP contribution is -2.52. The Hall–Kier alpha value is -3.04. The van der Waals surface area contributed by atoms with E-state index < -0.39 is 33.8 Å². The third kappa shape index (κ3) is 8.39. The summed E-state index contributed by atoms with van der Waals surface area (Å²) in [5.41, 5.74) is 0.677. The Morgan fingerprint density at radius 2 is 1.68 bits per heavy atom. The lowest BCUT2D eigenvalue weighted by molar-refractivity contribution is -0.128. The maximum Gasteiger partial charge on any atom is 0.241 e. The summed E-state index contributed by atoms with van der Waals surface area (Å²) in [4.78, 5) is 25.0. The van der Waals surface area contributed by atoms with Crippen molar-refractivity contribution in [3.8, 4) is 5.75 Å². The molecule has 1 amide bonds. The third-order valence-electron chi connectivity index (χ3n) is 4.98. The van der Waals surface area contributed by atoms with Gasteiger partial charge in [-0.1, -0.05) is 38.6 Å². The van der Waals surface area contributed by atoms with Crippen LogP contribution in [0.3, 0.4) is 0 Å². The summed E-state index contributed by atoms with van der Waals surface area (Å²) in [6.45, 7) is 9.16. The average Bonchev–Trinajstić information content (AvgIpc) is 2.77. The van der Waals surface area contributed by atoms with Crippen LogP contribution in [0.15, 0.2) is 66.1 Å². The highest BCUT2D eigenvalue weighted by Gasteiger charge is 2.29. The van der Waals surface area contributed by atoms with Gasteiger partial charge in [0.1, 0.15) is 24.2 Å². The van der Waals surface area contributed by atoms with Crippen LogP contribution >= 0.6 is 0 Å². The van der Waals surface area contributed by atoms with Crippen LogP contribution in [0, 0.1) is 11.7 Å². The Balaban J connectivity index is 2.29. The fourth-order valence-electron chi connectivity index (χ4n) is 3.24. The first-order valence-electron chi connectivity index (χ1n) is 10.9. The van der Waals surface area contributed by atoms with Gasteiger partial charge in [0.2, 0.25) is 15.9 Å². The number of carbonyl (C=O) groups is 2. The summed E-state index contributed by atoms with van der Waals surface area (Å²) in [5, 5.41) is 2.68. The number of rotatable bonds is 13. The number of halogens is 1. The average molecular weight is 491 g/mol. The van der Waals surface area contributed by atoms with Gasteiger partial charge in [0, 0.05) is 0 Å². The van der Waals surface area contributed by atoms with Crippen molar-refractivity contribution in [1.82, 2.24) is 10.0 Å².